The maximum Gasteiger partial charge on any atom is 0.268 e. The van der Waals surface area contributed by atoms with E-state index in [0.717, 1.165) is 4.31 Å². The number of halogens is 3. The fraction of sp³-hybridized carbons (Fsp3) is 0.136. The average molecular weight is 514 g/mol. The first-order valence-corrected chi connectivity index (χ1v) is 11.9. The van der Waals surface area contributed by atoms with E-state index in [9.17, 15) is 13.2 Å². The minimum atomic E-state index is -4.22. The lowest BCUT2D eigenvalue weighted by molar-refractivity contribution is -0.114. The third kappa shape index (κ3) is 5.48. The first-order valence-electron chi connectivity index (χ1n) is 9.29. The second-order valence-electron chi connectivity index (χ2n) is 6.82. The Labute approximate surface area is 201 Å². The fourth-order valence-electron chi connectivity index (χ4n) is 2.96. The number of rotatable bonds is 7. The smallest absolute Gasteiger partial charge is 0.268 e. The second kappa shape index (κ2) is 10.0. The van der Waals surface area contributed by atoms with E-state index in [1.54, 1.807) is 43.3 Å². The number of nitrogens with zero attached hydrogens (tertiary/aromatic N) is 1. The number of ether oxygens (including phenoxy) is 1. The summed E-state index contributed by atoms with van der Waals surface area (Å²) in [7, 11) is -2.85. The summed E-state index contributed by atoms with van der Waals surface area (Å²) in [6, 6.07) is 15.6. The number of carbonyl (C=O) groups excluding carboxylic acids is 1. The molecule has 0 unspecified atom stereocenters. The molecule has 0 heterocycles. The van der Waals surface area contributed by atoms with E-state index in [0.29, 0.717) is 16.3 Å². The van der Waals surface area contributed by atoms with Gasteiger partial charge >= 0.3 is 0 Å². The van der Waals surface area contributed by atoms with Crippen molar-refractivity contribution in [1.82, 2.24) is 0 Å². The number of sulfonamides is 1. The third-order valence-electron chi connectivity index (χ3n) is 4.47. The summed E-state index contributed by atoms with van der Waals surface area (Å²) in [5, 5.41) is 3.49. The highest BCUT2D eigenvalue weighted by Gasteiger charge is 2.30. The Kier molecular flexibility index (Phi) is 7.56. The van der Waals surface area contributed by atoms with Crippen LogP contribution in [0.15, 0.2) is 65.6 Å². The van der Waals surface area contributed by atoms with Crippen LogP contribution in [0.3, 0.4) is 0 Å². The summed E-state index contributed by atoms with van der Waals surface area (Å²) in [6.45, 7) is 1.23. The minimum Gasteiger partial charge on any atom is -0.495 e. The SMILES string of the molecule is COc1ccc(C)cc1S(=O)(=O)N(CC(=O)Nc1cccc(Cl)c1)c1ccc(Cl)c(Cl)c1. The number of aryl methyl sites for hydroxylation is 1. The number of anilines is 2. The molecule has 0 radical (unpaired) electrons. The van der Waals surface area contributed by atoms with Crippen LogP contribution in [0.1, 0.15) is 5.56 Å². The third-order valence-corrected chi connectivity index (χ3v) is 7.24. The van der Waals surface area contributed by atoms with Gasteiger partial charge in [-0.3, -0.25) is 9.10 Å². The summed E-state index contributed by atoms with van der Waals surface area (Å²) in [6.07, 6.45) is 0. The largest absolute Gasteiger partial charge is 0.495 e. The summed E-state index contributed by atoms with van der Waals surface area (Å²) in [5.41, 5.74) is 1.31. The molecule has 0 aliphatic rings. The van der Waals surface area contributed by atoms with Crippen molar-refractivity contribution in [3.63, 3.8) is 0 Å². The second-order valence-corrected chi connectivity index (χ2v) is 9.90. The molecule has 0 spiro atoms. The van der Waals surface area contributed by atoms with Crippen molar-refractivity contribution in [2.24, 2.45) is 0 Å². The Balaban J connectivity index is 2.05. The summed E-state index contributed by atoms with van der Waals surface area (Å²) in [5.74, 6) is -0.426. The van der Waals surface area contributed by atoms with Gasteiger partial charge in [0, 0.05) is 10.7 Å². The fourth-order valence-corrected chi connectivity index (χ4v) is 5.10. The molecule has 3 rings (SSSR count). The van der Waals surface area contributed by atoms with Gasteiger partial charge in [0.1, 0.15) is 17.2 Å². The molecule has 0 aromatic heterocycles. The Morgan fingerprint density at radius 3 is 2.41 bits per heavy atom. The first-order chi connectivity index (χ1) is 15.1. The first kappa shape index (κ1) is 24.2. The molecule has 168 valence electrons. The van der Waals surface area contributed by atoms with Gasteiger partial charge in [0.25, 0.3) is 10.0 Å². The van der Waals surface area contributed by atoms with Gasteiger partial charge in [-0.15, -0.1) is 0 Å². The van der Waals surface area contributed by atoms with Crippen molar-refractivity contribution in [3.8, 4) is 5.75 Å². The topological polar surface area (TPSA) is 75.7 Å². The number of hydrogen-bond donors (Lipinski definition) is 1. The molecule has 0 saturated heterocycles. The van der Waals surface area contributed by atoms with Crippen molar-refractivity contribution in [2.75, 3.05) is 23.3 Å². The molecule has 1 N–H and O–H groups in total. The van der Waals surface area contributed by atoms with Crippen LogP contribution in [0, 0.1) is 6.92 Å². The Morgan fingerprint density at radius 2 is 1.75 bits per heavy atom. The molecular formula is C22H19Cl3N2O4S. The molecule has 32 heavy (non-hydrogen) atoms. The van der Waals surface area contributed by atoms with E-state index in [1.807, 2.05) is 0 Å². The van der Waals surface area contributed by atoms with Crippen LogP contribution in [0.4, 0.5) is 11.4 Å². The van der Waals surface area contributed by atoms with E-state index in [1.165, 1.54) is 31.4 Å². The van der Waals surface area contributed by atoms with Crippen molar-refractivity contribution in [3.05, 3.63) is 81.3 Å². The number of nitrogens with one attached hydrogen (secondary N) is 1. The highest BCUT2D eigenvalue weighted by Crippen LogP contribution is 2.33. The van der Waals surface area contributed by atoms with Crippen molar-refractivity contribution < 1.29 is 17.9 Å². The van der Waals surface area contributed by atoms with Gasteiger partial charge in [0.2, 0.25) is 5.91 Å². The molecule has 0 aliphatic heterocycles. The summed E-state index contributed by atoms with van der Waals surface area (Å²) in [4.78, 5) is 12.7. The number of methoxy groups -OCH3 is 1. The zero-order chi connectivity index (χ0) is 23.5. The monoisotopic (exact) mass is 512 g/mol. The van der Waals surface area contributed by atoms with Crippen LogP contribution in [0.2, 0.25) is 15.1 Å². The summed E-state index contributed by atoms with van der Waals surface area (Å²) >= 11 is 18.1. The lowest BCUT2D eigenvalue weighted by atomic mass is 10.2. The van der Waals surface area contributed by atoms with E-state index >= 15 is 0 Å². The normalized spacial score (nSPS) is 11.2. The average Bonchev–Trinajstić information content (AvgIpc) is 2.74. The number of carbonyl (C=O) groups is 1. The molecule has 0 bridgehead atoms. The van der Waals surface area contributed by atoms with Crippen LogP contribution >= 0.6 is 34.8 Å². The highest BCUT2D eigenvalue weighted by atomic mass is 35.5. The number of hydrogen-bond acceptors (Lipinski definition) is 4. The summed E-state index contributed by atoms with van der Waals surface area (Å²) < 4.78 is 33.6. The van der Waals surface area contributed by atoms with E-state index in [-0.39, 0.29) is 26.4 Å². The zero-order valence-corrected chi connectivity index (χ0v) is 20.2. The van der Waals surface area contributed by atoms with Gasteiger partial charge < -0.3 is 10.1 Å². The number of benzene rings is 3. The van der Waals surface area contributed by atoms with Crippen molar-refractivity contribution >= 4 is 62.1 Å². The molecule has 6 nitrogen and oxygen atoms in total. The minimum absolute atomic E-state index is 0.0818. The van der Waals surface area contributed by atoms with E-state index < -0.39 is 22.5 Å². The molecule has 0 atom stereocenters. The van der Waals surface area contributed by atoms with Gasteiger partial charge in [-0.1, -0.05) is 46.9 Å². The van der Waals surface area contributed by atoms with Crippen LogP contribution in [0.25, 0.3) is 0 Å². The van der Waals surface area contributed by atoms with Gasteiger partial charge in [-0.05, 0) is 61.0 Å². The van der Waals surface area contributed by atoms with Gasteiger partial charge in [-0.2, -0.15) is 0 Å². The van der Waals surface area contributed by atoms with Crippen LogP contribution in [-0.2, 0) is 14.8 Å². The maximum absolute atomic E-state index is 13.7. The quantitative estimate of drug-likeness (QED) is 0.433. The molecule has 0 aliphatic carbocycles. The molecule has 10 heteroatoms. The zero-order valence-electron chi connectivity index (χ0n) is 17.1. The van der Waals surface area contributed by atoms with Crippen LogP contribution in [0.5, 0.6) is 5.75 Å². The van der Waals surface area contributed by atoms with Gasteiger partial charge in [-0.25, -0.2) is 8.42 Å². The predicted octanol–water partition coefficient (Wildman–Crippen LogP) is 5.80. The molecule has 3 aromatic rings. The van der Waals surface area contributed by atoms with Crippen molar-refractivity contribution in [2.45, 2.75) is 11.8 Å². The number of amides is 1. The van der Waals surface area contributed by atoms with E-state index in [4.69, 9.17) is 39.5 Å². The van der Waals surface area contributed by atoms with Gasteiger partial charge in [0.15, 0.2) is 0 Å². The van der Waals surface area contributed by atoms with Crippen molar-refractivity contribution in [1.29, 1.82) is 0 Å². The Morgan fingerprint density at radius 1 is 1.00 bits per heavy atom. The molecule has 0 fully saturated rings. The van der Waals surface area contributed by atoms with Crippen LogP contribution < -0.4 is 14.4 Å². The molecule has 1 amide bonds. The maximum atomic E-state index is 13.7. The van der Waals surface area contributed by atoms with Crippen LogP contribution in [-0.4, -0.2) is 28.0 Å². The molecular weight excluding hydrogens is 495 g/mol. The predicted molar refractivity (Wildman–Crippen MR) is 129 cm³/mol. The lowest BCUT2D eigenvalue weighted by Gasteiger charge is -2.25. The Hall–Kier alpha value is -2.45. The standard InChI is InChI=1S/C22H19Cl3N2O4S/c1-14-6-9-20(31-2)21(10-14)32(29,30)27(17-7-8-18(24)19(25)12-17)13-22(28)26-16-5-3-4-15(23)11-16/h3-12H,13H2,1-2H3,(H,26,28). The molecule has 0 saturated carbocycles. The molecule has 3 aromatic carbocycles. The highest BCUT2D eigenvalue weighted by molar-refractivity contribution is 7.93. The lowest BCUT2D eigenvalue weighted by Crippen LogP contribution is -2.38. The van der Waals surface area contributed by atoms with Gasteiger partial charge in [0.05, 0.1) is 22.8 Å². The Bertz CT molecular complexity index is 1270. The van der Waals surface area contributed by atoms with E-state index in [2.05, 4.69) is 5.32 Å².